The monoisotopic (exact) mass is 459 g/mol. The van der Waals surface area contributed by atoms with E-state index in [-0.39, 0.29) is 16.6 Å². The zero-order valence-electron chi connectivity index (χ0n) is 18.3. The van der Waals surface area contributed by atoms with Crippen LogP contribution in [-0.2, 0) is 10.2 Å². The summed E-state index contributed by atoms with van der Waals surface area (Å²) in [5.74, 6) is 4.09. The summed E-state index contributed by atoms with van der Waals surface area (Å²) in [5.41, 5.74) is 4.74. The predicted octanol–water partition coefficient (Wildman–Crippen LogP) is 5.87. The van der Waals surface area contributed by atoms with Crippen molar-refractivity contribution in [1.82, 2.24) is 5.32 Å². The molecule has 2 aromatic carbocycles. The third kappa shape index (κ3) is 3.22. The standard InChI is InChI=1S/C27H25NO4S/c29-25-23(33-26(30)28-25)8-15-1-3-19(4-2-15)20-9-21(24-22(10-20)31-14-32-24)27-11-16-5-17(12-27)7-18(6-16)13-27/h1-4,8-10,16-18H,5-7,11-14H2,(H,28,29,30)/b23-8-. The summed E-state index contributed by atoms with van der Waals surface area (Å²) in [5, 5.41) is 1.98. The van der Waals surface area contributed by atoms with Crippen molar-refractivity contribution in [3.63, 3.8) is 0 Å². The average molecular weight is 460 g/mol. The highest BCUT2D eigenvalue weighted by molar-refractivity contribution is 8.18. The fourth-order valence-electron chi connectivity index (χ4n) is 7.36. The molecule has 6 heteroatoms. The Labute approximate surface area is 196 Å². The Bertz CT molecular complexity index is 1180. The molecule has 0 aromatic heterocycles. The van der Waals surface area contributed by atoms with Crippen molar-refractivity contribution in [3.8, 4) is 22.6 Å². The third-order valence-corrected chi connectivity index (χ3v) is 9.08. The molecule has 4 bridgehead atoms. The van der Waals surface area contributed by atoms with Crippen LogP contribution in [0.25, 0.3) is 17.2 Å². The molecule has 2 heterocycles. The van der Waals surface area contributed by atoms with Gasteiger partial charge in [-0.1, -0.05) is 24.3 Å². The molecule has 2 aliphatic heterocycles. The van der Waals surface area contributed by atoms with Gasteiger partial charge in [0.15, 0.2) is 11.5 Å². The van der Waals surface area contributed by atoms with Gasteiger partial charge < -0.3 is 9.47 Å². The lowest BCUT2D eigenvalue weighted by molar-refractivity contribution is -0.115. The van der Waals surface area contributed by atoms with Crippen LogP contribution in [0.1, 0.15) is 49.7 Å². The maximum atomic E-state index is 11.8. The van der Waals surface area contributed by atoms with Gasteiger partial charge in [0.25, 0.3) is 11.1 Å². The molecule has 8 rings (SSSR count). The van der Waals surface area contributed by atoms with Crippen molar-refractivity contribution in [2.24, 2.45) is 17.8 Å². The van der Waals surface area contributed by atoms with Crippen LogP contribution in [0.4, 0.5) is 4.79 Å². The number of carbonyl (C=O) groups excluding carboxylic acids is 2. The molecule has 1 N–H and O–H groups in total. The minimum Gasteiger partial charge on any atom is -0.454 e. The molecule has 4 aliphatic carbocycles. The average Bonchev–Trinajstić information content (AvgIpc) is 3.38. The number of ether oxygens (including phenoxy) is 2. The third-order valence-electron chi connectivity index (χ3n) is 8.27. The zero-order valence-corrected chi connectivity index (χ0v) is 19.1. The molecule has 2 amide bonds. The number of nitrogens with one attached hydrogen (secondary N) is 1. The van der Waals surface area contributed by atoms with E-state index in [1.807, 2.05) is 12.1 Å². The van der Waals surface area contributed by atoms with Gasteiger partial charge >= 0.3 is 0 Å². The van der Waals surface area contributed by atoms with Crippen molar-refractivity contribution in [3.05, 3.63) is 52.4 Å². The van der Waals surface area contributed by atoms with Crippen molar-refractivity contribution in [2.45, 2.75) is 43.9 Å². The van der Waals surface area contributed by atoms with E-state index in [1.165, 1.54) is 44.1 Å². The van der Waals surface area contributed by atoms with E-state index in [0.717, 1.165) is 57.7 Å². The second-order valence-electron chi connectivity index (χ2n) is 10.4. The van der Waals surface area contributed by atoms with Crippen molar-refractivity contribution >= 4 is 29.0 Å². The smallest absolute Gasteiger partial charge is 0.290 e. The molecule has 4 saturated carbocycles. The first kappa shape index (κ1) is 19.7. The quantitative estimate of drug-likeness (QED) is 0.581. The molecule has 0 unspecified atom stereocenters. The van der Waals surface area contributed by atoms with Crippen molar-refractivity contribution in [1.29, 1.82) is 0 Å². The van der Waals surface area contributed by atoms with E-state index in [9.17, 15) is 9.59 Å². The van der Waals surface area contributed by atoms with Crippen LogP contribution in [0.15, 0.2) is 41.3 Å². The van der Waals surface area contributed by atoms with Crippen LogP contribution in [-0.4, -0.2) is 17.9 Å². The van der Waals surface area contributed by atoms with E-state index in [4.69, 9.17) is 9.47 Å². The molecule has 0 atom stereocenters. The zero-order chi connectivity index (χ0) is 22.2. The summed E-state index contributed by atoms with van der Waals surface area (Å²) in [6, 6.07) is 12.6. The number of rotatable bonds is 3. The highest BCUT2D eigenvalue weighted by Gasteiger charge is 2.53. The van der Waals surface area contributed by atoms with Crippen LogP contribution in [0.2, 0.25) is 0 Å². The Morgan fingerprint density at radius 2 is 1.61 bits per heavy atom. The maximum absolute atomic E-state index is 11.8. The summed E-state index contributed by atoms with van der Waals surface area (Å²) < 4.78 is 11.9. The van der Waals surface area contributed by atoms with Gasteiger partial charge in [-0.05, 0) is 108 Å². The van der Waals surface area contributed by atoms with E-state index < -0.39 is 0 Å². The first-order valence-electron chi connectivity index (χ1n) is 11.8. The summed E-state index contributed by atoms with van der Waals surface area (Å²) in [6.07, 6.45) is 9.84. The van der Waals surface area contributed by atoms with Gasteiger partial charge in [-0.25, -0.2) is 0 Å². The maximum Gasteiger partial charge on any atom is 0.290 e. The lowest BCUT2D eigenvalue weighted by atomic mass is 9.48. The van der Waals surface area contributed by atoms with Gasteiger partial charge in [-0.3, -0.25) is 14.9 Å². The summed E-state index contributed by atoms with van der Waals surface area (Å²) >= 11 is 0.943. The number of amides is 2. The Hall–Kier alpha value is -2.73. The fourth-order valence-corrected chi connectivity index (χ4v) is 8.04. The van der Waals surface area contributed by atoms with Gasteiger partial charge in [-0.2, -0.15) is 0 Å². The van der Waals surface area contributed by atoms with Crippen LogP contribution in [0, 0.1) is 17.8 Å². The minimum absolute atomic E-state index is 0.229. The van der Waals surface area contributed by atoms with E-state index in [0.29, 0.717) is 11.7 Å². The van der Waals surface area contributed by atoms with Gasteiger partial charge in [0.05, 0.1) is 4.91 Å². The molecule has 168 valence electrons. The molecule has 5 fully saturated rings. The molecule has 1 saturated heterocycles. The Kier molecular flexibility index (Phi) is 4.26. The molecule has 6 aliphatic rings. The summed E-state index contributed by atoms with van der Waals surface area (Å²) in [4.78, 5) is 23.7. The minimum atomic E-state index is -0.329. The van der Waals surface area contributed by atoms with E-state index in [1.54, 1.807) is 6.08 Å². The topological polar surface area (TPSA) is 64.6 Å². The number of thioether (sulfide) groups is 1. The number of carbonyl (C=O) groups is 2. The largest absolute Gasteiger partial charge is 0.454 e. The molecular weight excluding hydrogens is 434 g/mol. The molecule has 0 radical (unpaired) electrons. The highest BCUT2D eigenvalue weighted by atomic mass is 32.2. The second-order valence-corrected chi connectivity index (χ2v) is 11.4. The molecule has 2 aromatic rings. The van der Waals surface area contributed by atoms with Gasteiger partial charge in [-0.15, -0.1) is 0 Å². The van der Waals surface area contributed by atoms with Crippen LogP contribution in [0.5, 0.6) is 11.5 Å². The van der Waals surface area contributed by atoms with Crippen molar-refractivity contribution < 1.29 is 19.1 Å². The molecule has 0 spiro atoms. The number of hydrogen-bond acceptors (Lipinski definition) is 5. The number of benzene rings is 2. The van der Waals surface area contributed by atoms with E-state index >= 15 is 0 Å². The van der Waals surface area contributed by atoms with Crippen LogP contribution in [0.3, 0.4) is 0 Å². The second kappa shape index (κ2) is 7.13. The van der Waals surface area contributed by atoms with Crippen molar-refractivity contribution in [2.75, 3.05) is 6.79 Å². The number of hydrogen-bond donors (Lipinski definition) is 1. The lowest BCUT2D eigenvalue weighted by Gasteiger charge is -2.57. The number of imide groups is 1. The normalized spacial score (nSPS) is 32.6. The van der Waals surface area contributed by atoms with Gasteiger partial charge in [0.1, 0.15) is 0 Å². The molecule has 33 heavy (non-hydrogen) atoms. The highest BCUT2D eigenvalue weighted by Crippen LogP contribution is 2.63. The fraction of sp³-hybridized carbons (Fsp3) is 0.407. The Morgan fingerprint density at radius 3 is 2.24 bits per heavy atom. The van der Waals surface area contributed by atoms with Gasteiger partial charge in [0.2, 0.25) is 6.79 Å². The molecular formula is C27H25NO4S. The Morgan fingerprint density at radius 1 is 0.909 bits per heavy atom. The van der Waals surface area contributed by atoms with Crippen LogP contribution >= 0.6 is 11.8 Å². The Balaban J connectivity index is 1.26. The molecule has 5 nitrogen and oxygen atoms in total. The van der Waals surface area contributed by atoms with Crippen LogP contribution < -0.4 is 14.8 Å². The predicted molar refractivity (Wildman–Crippen MR) is 127 cm³/mol. The van der Waals surface area contributed by atoms with Gasteiger partial charge in [0, 0.05) is 5.56 Å². The SMILES string of the molecule is O=C1NC(=O)/C(=C/c2ccc(-c3cc4c(c(C56CC7CC(CC(C7)C5)C6)c3)OCO4)cc2)S1. The summed E-state index contributed by atoms with van der Waals surface area (Å²) in [7, 11) is 0. The summed E-state index contributed by atoms with van der Waals surface area (Å²) in [6.45, 7) is 0.295. The lowest BCUT2D eigenvalue weighted by Crippen LogP contribution is -2.48. The first-order chi connectivity index (χ1) is 16.0. The van der Waals surface area contributed by atoms with E-state index in [2.05, 4.69) is 29.6 Å². The first-order valence-corrected chi connectivity index (χ1v) is 12.7. The number of fused-ring (bicyclic) bond motifs is 1.